The predicted octanol–water partition coefficient (Wildman–Crippen LogP) is 4.47. The molecule has 3 aliphatic carbocycles. The van der Waals surface area contributed by atoms with Crippen molar-refractivity contribution in [3.8, 4) is 0 Å². The molecule has 0 bridgehead atoms. The highest BCUT2D eigenvalue weighted by atomic mass is 16.1. The number of hydrogen-bond acceptors (Lipinski definition) is 1. The lowest BCUT2D eigenvalue weighted by Gasteiger charge is -2.40. The summed E-state index contributed by atoms with van der Waals surface area (Å²) in [6, 6.07) is 6.91. The molecule has 0 heterocycles. The second kappa shape index (κ2) is 4.07. The summed E-state index contributed by atoms with van der Waals surface area (Å²) < 4.78 is 0. The van der Waals surface area contributed by atoms with Crippen molar-refractivity contribution in [1.82, 2.24) is 0 Å². The predicted molar refractivity (Wildman–Crippen MR) is 81.5 cm³/mol. The molecule has 104 valence electrons. The zero-order valence-corrected chi connectivity index (χ0v) is 12.5. The molecule has 20 heavy (non-hydrogen) atoms. The third-order valence-electron chi connectivity index (χ3n) is 6.02. The topological polar surface area (TPSA) is 17.1 Å². The summed E-state index contributed by atoms with van der Waals surface area (Å²) in [7, 11) is 0. The van der Waals surface area contributed by atoms with Crippen LogP contribution in [-0.2, 0) is 11.2 Å². The maximum Gasteiger partial charge on any atom is 0.139 e. The molecule has 1 heteroatoms. The number of allylic oxidation sites excluding steroid dienone is 2. The molecular weight excluding hydrogens is 244 g/mol. The molecular formula is C19H22O. The normalized spacial score (nSPS) is 31.9. The summed E-state index contributed by atoms with van der Waals surface area (Å²) in [6.45, 7) is 4.40. The Morgan fingerprint density at radius 1 is 1.15 bits per heavy atom. The molecule has 0 spiro atoms. The van der Waals surface area contributed by atoms with Gasteiger partial charge >= 0.3 is 0 Å². The van der Waals surface area contributed by atoms with Gasteiger partial charge in [-0.2, -0.15) is 0 Å². The van der Waals surface area contributed by atoms with Gasteiger partial charge in [0.05, 0.1) is 0 Å². The standard InChI is InChI=1S/C19H22O/c1-12-3-5-14-13(11-12)4-6-16-15(14)9-10-19(2)17(16)7-8-18(19)20/h3,5,11,17H,4,6-10H2,1-2H3. The fourth-order valence-corrected chi connectivity index (χ4v) is 4.83. The van der Waals surface area contributed by atoms with E-state index in [2.05, 4.69) is 32.0 Å². The SMILES string of the molecule is Cc1ccc2c(c1)CCC1=C2CCC2(C)C(=O)CCC12. The van der Waals surface area contributed by atoms with Gasteiger partial charge in [0.15, 0.2) is 0 Å². The van der Waals surface area contributed by atoms with Gasteiger partial charge in [0.1, 0.15) is 5.78 Å². The van der Waals surface area contributed by atoms with Gasteiger partial charge in [-0.25, -0.2) is 0 Å². The third kappa shape index (κ3) is 1.52. The Hall–Kier alpha value is -1.37. The molecule has 2 unspecified atom stereocenters. The Kier molecular flexibility index (Phi) is 2.52. The molecule has 0 N–H and O–H groups in total. The molecule has 1 aromatic carbocycles. The fourth-order valence-electron chi connectivity index (χ4n) is 4.83. The second-order valence-corrected chi connectivity index (χ2v) is 7.10. The van der Waals surface area contributed by atoms with E-state index in [1.807, 2.05) is 0 Å². The summed E-state index contributed by atoms with van der Waals surface area (Å²) in [5.41, 5.74) is 7.55. The number of fused-ring (bicyclic) bond motifs is 4. The number of Topliss-reactive ketones (excluding diaryl/α,β-unsaturated/α-hetero) is 1. The van der Waals surface area contributed by atoms with Gasteiger partial charge in [0.25, 0.3) is 0 Å². The van der Waals surface area contributed by atoms with E-state index in [0.29, 0.717) is 11.7 Å². The minimum Gasteiger partial charge on any atom is -0.299 e. The Balaban J connectivity index is 1.85. The van der Waals surface area contributed by atoms with Crippen LogP contribution in [0.3, 0.4) is 0 Å². The summed E-state index contributed by atoms with van der Waals surface area (Å²) in [5.74, 6) is 1.05. The van der Waals surface area contributed by atoms with Gasteiger partial charge in [-0.1, -0.05) is 36.3 Å². The number of benzene rings is 1. The van der Waals surface area contributed by atoms with Crippen LogP contribution in [0.25, 0.3) is 5.57 Å². The zero-order chi connectivity index (χ0) is 13.9. The number of rotatable bonds is 0. The summed E-state index contributed by atoms with van der Waals surface area (Å²) in [6.07, 6.45) is 6.40. The van der Waals surface area contributed by atoms with Crippen molar-refractivity contribution in [2.24, 2.45) is 11.3 Å². The molecule has 1 fully saturated rings. The average molecular weight is 266 g/mol. The van der Waals surface area contributed by atoms with E-state index in [1.54, 1.807) is 11.1 Å². The summed E-state index contributed by atoms with van der Waals surface area (Å²) in [4.78, 5) is 12.3. The van der Waals surface area contributed by atoms with E-state index in [1.165, 1.54) is 23.1 Å². The number of carbonyl (C=O) groups excluding carboxylic acids is 1. The van der Waals surface area contributed by atoms with Gasteiger partial charge in [-0.15, -0.1) is 0 Å². The Morgan fingerprint density at radius 2 is 2.00 bits per heavy atom. The Labute approximate surface area is 121 Å². The molecule has 1 aromatic rings. The van der Waals surface area contributed by atoms with Gasteiger partial charge in [-0.3, -0.25) is 4.79 Å². The van der Waals surface area contributed by atoms with Crippen LogP contribution in [-0.4, -0.2) is 5.78 Å². The van der Waals surface area contributed by atoms with Gasteiger partial charge in [-0.05, 0) is 61.6 Å². The van der Waals surface area contributed by atoms with Crippen molar-refractivity contribution in [2.45, 2.75) is 52.4 Å². The van der Waals surface area contributed by atoms with E-state index in [0.717, 1.165) is 32.1 Å². The third-order valence-corrected chi connectivity index (χ3v) is 6.02. The van der Waals surface area contributed by atoms with E-state index < -0.39 is 0 Å². The smallest absolute Gasteiger partial charge is 0.139 e. The monoisotopic (exact) mass is 266 g/mol. The fraction of sp³-hybridized carbons (Fsp3) is 0.526. The first kappa shape index (κ1) is 12.4. The van der Waals surface area contributed by atoms with E-state index >= 15 is 0 Å². The minimum atomic E-state index is -0.0406. The van der Waals surface area contributed by atoms with E-state index in [4.69, 9.17) is 0 Å². The molecule has 1 saturated carbocycles. The molecule has 2 atom stereocenters. The number of ketones is 1. The first-order valence-electron chi connectivity index (χ1n) is 7.95. The maximum atomic E-state index is 12.3. The number of hydrogen-bond donors (Lipinski definition) is 0. The maximum absolute atomic E-state index is 12.3. The van der Waals surface area contributed by atoms with Crippen LogP contribution in [0.5, 0.6) is 0 Å². The van der Waals surface area contributed by atoms with Gasteiger partial charge in [0, 0.05) is 11.8 Å². The van der Waals surface area contributed by atoms with Crippen LogP contribution >= 0.6 is 0 Å². The highest BCUT2D eigenvalue weighted by molar-refractivity contribution is 5.90. The van der Waals surface area contributed by atoms with Crippen LogP contribution < -0.4 is 0 Å². The van der Waals surface area contributed by atoms with Crippen LogP contribution in [0.4, 0.5) is 0 Å². The highest BCUT2D eigenvalue weighted by Gasteiger charge is 2.50. The quantitative estimate of drug-likeness (QED) is 0.677. The average Bonchev–Trinajstić information content (AvgIpc) is 2.74. The summed E-state index contributed by atoms with van der Waals surface area (Å²) in [5, 5.41) is 0. The lowest BCUT2D eigenvalue weighted by atomic mass is 9.63. The molecule has 0 radical (unpaired) electrons. The minimum absolute atomic E-state index is 0.0406. The van der Waals surface area contributed by atoms with Gasteiger partial charge < -0.3 is 0 Å². The number of carbonyl (C=O) groups is 1. The molecule has 3 aliphatic rings. The molecule has 4 rings (SSSR count). The lowest BCUT2D eigenvalue weighted by Crippen LogP contribution is -2.34. The Bertz CT molecular complexity index is 637. The second-order valence-electron chi connectivity index (χ2n) is 7.10. The molecule has 0 saturated heterocycles. The van der Waals surface area contributed by atoms with Crippen molar-refractivity contribution < 1.29 is 4.79 Å². The lowest BCUT2D eigenvalue weighted by molar-refractivity contribution is -0.126. The molecule has 0 aliphatic heterocycles. The zero-order valence-electron chi connectivity index (χ0n) is 12.5. The first-order chi connectivity index (χ1) is 9.59. The van der Waals surface area contributed by atoms with E-state index in [-0.39, 0.29) is 5.41 Å². The highest BCUT2D eigenvalue weighted by Crippen LogP contribution is 2.56. The van der Waals surface area contributed by atoms with Crippen molar-refractivity contribution in [3.05, 3.63) is 40.5 Å². The largest absolute Gasteiger partial charge is 0.299 e. The van der Waals surface area contributed by atoms with Crippen molar-refractivity contribution >= 4 is 11.4 Å². The summed E-state index contributed by atoms with van der Waals surface area (Å²) >= 11 is 0. The number of aryl methyl sites for hydroxylation is 2. The van der Waals surface area contributed by atoms with Crippen LogP contribution in [0, 0.1) is 18.3 Å². The van der Waals surface area contributed by atoms with Crippen molar-refractivity contribution in [1.29, 1.82) is 0 Å². The first-order valence-corrected chi connectivity index (χ1v) is 7.95. The van der Waals surface area contributed by atoms with Gasteiger partial charge in [0.2, 0.25) is 0 Å². The molecule has 0 amide bonds. The van der Waals surface area contributed by atoms with Crippen LogP contribution in [0.15, 0.2) is 23.8 Å². The Morgan fingerprint density at radius 3 is 2.85 bits per heavy atom. The van der Waals surface area contributed by atoms with Crippen LogP contribution in [0.2, 0.25) is 0 Å². The van der Waals surface area contributed by atoms with Crippen LogP contribution in [0.1, 0.15) is 55.7 Å². The molecule has 0 aromatic heterocycles. The van der Waals surface area contributed by atoms with Crippen molar-refractivity contribution in [3.63, 3.8) is 0 Å². The van der Waals surface area contributed by atoms with E-state index in [9.17, 15) is 4.79 Å². The molecule has 1 nitrogen and oxygen atoms in total. The van der Waals surface area contributed by atoms with Crippen molar-refractivity contribution in [2.75, 3.05) is 0 Å².